The lowest BCUT2D eigenvalue weighted by Gasteiger charge is -1.94. The van der Waals surface area contributed by atoms with Gasteiger partial charge in [-0.2, -0.15) is 0 Å². The number of carbonyl (C=O) groups is 1. The van der Waals surface area contributed by atoms with E-state index in [-0.39, 0.29) is 5.78 Å². The fraction of sp³-hybridized carbons (Fsp3) is 0.500. The van der Waals surface area contributed by atoms with Gasteiger partial charge >= 0.3 is 0 Å². The summed E-state index contributed by atoms with van der Waals surface area (Å²) in [4.78, 5) is 11.1. The molecule has 0 aliphatic carbocycles. The van der Waals surface area contributed by atoms with E-state index in [1.807, 2.05) is 26.0 Å². The lowest BCUT2D eigenvalue weighted by atomic mass is 10.1. The van der Waals surface area contributed by atoms with Gasteiger partial charge in [-0.3, -0.25) is 4.79 Å². The van der Waals surface area contributed by atoms with Gasteiger partial charge in [0.2, 0.25) is 0 Å². The molecule has 0 unspecified atom stereocenters. The molecule has 0 bridgehead atoms. The van der Waals surface area contributed by atoms with E-state index >= 15 is 0 Å². The molecule has 0 rings (SSSR count). The van der Waals surface area contributed by atoms with Gasteiger partial charge in [0, 0.05) is 0 Å². The Morgan fingerprint density at radius 3 is 2.27 bits per heavy atom. The van der Waals surface area contributed by atoms with Crippen molar-refractivity contribution >= 4 is 5.78 Å². The van der Waals surface area contributed by atoms with Crippen LogP contribution in [0.1, 0.15) is 27.7 Å². The first-order chi connectivity index (χ1) is 5.07. The highest BCUT2D eigenvalue weighted by Gasteiger charge is 1.96. The van der Waals surface area contributed by atoms with Crippen LogP contribution in [0.15, 0.2) is 23.8 Å². The zero-order valence-corrected chi connectivity index (χ0v) is 7.72. The maximum absolute atomic E-state index is 11.1. The van der Waals surface area contributed by atoms with Crippen molar-refractivity contribution in [2.45, 2.75) is 27.7 Å². The standard InChI is InChI=1S/C10H16O/c1-5-9(4)10(11)7-6-8(2)3/h5-8H,1-4H3/b7-6+,9-5+. The van der Waals surface area contributed by atoms with Gasteiger partial charge in [0.15, 0.2) is 5.78 Å². The van der Waals surface area contributed by atoms with Crippen LogP contribution in [0.5, 0.6) is 0 Å². The minimum Gasteiger partial charge on any atom is -0.290 e. The van der Waals surface area contributed by atoms with Crippen LogP contribution < -0.4 is 0 Å². The fourth-order valence-corrected chi connectivity index (χ4v) is 0.554. The largest absolute Gasteiger partial charge is 0.290 e. The summed E-state index contributed by atoms with van der Waals surface area (Å²) in [5.74, 6) is 0.560. The maximum atomic E-state index is 11.1. The predicted octanol–water partition coefficient (Wildman–Crippen LogP) is 2.73. The molecule has 11 heavy (non-hydrogen) atoms. The van der Waals surface area contributed by atoms with E-state index in [1.54, 1.807) is 6.08 Å². The summed E-state index contributed by atoms with van der Waals surface area (Å²) < 4.78 is 0. The van der Waals surface area contributed by atoms with Gasteiger partial charge in [-0.25, -0.2) is 0 Å². The Kier molecular flexibility index (Phi) is 4.51. The zero-order valence-electron chi connectivity index (χ0n) is 7.72. The molecule has 1 nitrogen and oxygen atoms in total. The molecule has 0 atom stereocenters. The van der Waals surface area contributed by atoms with E-state index in [1.165, 1.54) is 0 Å². The van der Waals surface area contributed by atoms with Crippen LogP contribution >= 0.6 is 0 Å². The molecule has 1 heteroatoms. The first kappa shape index (κ1) is 10.2. The van der Waals surface area contributed by atoms with Crippen molar-refractivity contribution in [3.63, 3.8) is 0 Å². The molecule has 0 aliphatic rings. The van der Waals surface area contributed by atoms with Crippen LogP contribution in [0, 0.1) is 5.92 Å². The Morgan fingerprint density at radius 1 is 1.36 bits per heavy atom. The molecule has 0 saturated carbocycles. The Balaban J connectivity index is 4.08. The van der Waals surface area contributed by atoms with E-state index in [9.17, 15) is 4.79 Å². The van der Waals surface area contributed by atoms with Gasteiger partial charge in [0.1, 0.15) is 0 Å². The number of hydrogen-bond donors (Lipinski definition) is 0. The number of allylic oxidation sites excluding steroid dienone is 4. The molecular formula is C10H16O. The number of ketones is 1. The highest BCUT2D eigenvalue weighted by molar-refractivity contribution is 6.03. The molecular weight excluding hydrogens is 136 g/mol. The van der Waals surface area contributed by atoms with Crippen molar-refractivity contribution in [2.75, 3.05) is 0 Å². The quantitative estimate of drug-likeness (QED) is 0.568. The molecule has 0 N–H and O–H groups in total. The first-order valence-corrected chi connectivity index (χ1v) is 3.93. The lowest BCUT2D eigenvalue weighted by molar-refractivity contribution is -0.111. The van der Waals surface area contributed by atoms with Crippen LogP contribution in [0.2, 0.25) is 0 Å². The third kappa shape index (κ3) is 4.54. The van der Waals surface area contributed by atoms with Gasteiger partial charge in [-0.15, -0.1) is 0 Å². The smallest absolute Gasteiger partial charge is 0.180 e. The van der Waals surface area contributed by atoms with E-state index in [4.69, 9.17) is 0 Å². The molecule has 0 amide bonds. The topological polar surface area (TPSA) is 17.1 Å². The molecule has 0 heterocycles. The Bertz CT molecular complexity index is 185. The van der Waals surface area contributed by atoms with Crippen molar-refractivity contribution in [2.24, 2.45) is 5.92 Å². The van der Waals surface area contributed by atoms with Crippen LogP contribution in [0.25, 0.3) is 0 Å². The molecule has 0 saturated heterocycles. The predicted molar refractivity (Wildman–Crippen MR) is 48.4 cm³/mol. The molecule has 0 aromatic carbocycles. The molecule has 0 spiro atoms. The van der Waals surface area contributed by atoms with Crippen molar-refractivity contribution in [1.82, 2.24) is 0 Å². The summed E-state index contributed by atoms with van der Waals surface area (Å²) in [6.45, 7) is 7.80. The lowest BCUT2D eigenvalue weighted by Crippen LogP contribution is -1.94. The zero-order chi connectivity index (χ0) is 8.85. The van der Waals surface area contributed by atoms with Gasteiger partial charge in [-0.05, 0) is 31.4 Å². The molecule has 0 radical (unpaired) electrons. The summed E-state index contributed by atoms with van der Waals surface area (Å²) in [7, 11) is 0. The number of rotatable bonds is 3. The average molecular weight is 152 g/mol. The van der Waals surface area contributed by atoms with Crippen molar-refractivity contribution in [1.29, 1.82) is 0 Å². The minimum atomic E-state index is 0.112. The normalized spacial score (nSPS) is 13.0. The van der Waals surface area contributed by atoms with Gasteiger partial charge in [0.05, 0.1) is 0 Å². The minimum absolute atomic E-state index is 0.112. The van der Waals surface area contributed by atoms with Crippen LogP contribution in [0.4, 0.5) is 0 Å². The van der Waals surface area contributed by atoms with Gasteiger partial charge in [0.25, 0.3) is 0 Å². The van der Waals surface area contributed by atoms with Crippen molar-refractivity contribution in [3.05, 3.63) is 23.8 Å². The Labute approximate surface area is 68.8 Å². The van der Waals surface area contributed by atoms with E-state index in [0.29, 0.717) is 5.92 Å². The van der Waals surface area contributed by atoms with Crippen LogP contribution in [-0.4, -0.2) is 5.78 Å². The monoisotopic (exact) mass is 152 g/mol. The fourth-order valence-electron chi connectivity index (χ4n) is 0.554. The highest BCUT2D eigenvalue weighted by atomic mass is 16.1. The number of hydrogen-bond acceptors (Lipinski definition) is 1. The summed E-state index contributed by atoms with van der Waals surface area (Å²) in [5, 5.41) is 0. The SMILES string of the molecule is C/C=C(\C)C(=O)/C=C/C(C)C. The second kappa shape index (κ2) is 4.89. The average Bonchev–Trinajstić information content (AvgIpc) is 1.98. The van der Waals surface area contributed by atoms with E-state index in [0.717, 1.165) is 5.57 Å². The van der Waals surface area contributed by atoms with Gasteiger partial charge < -0.3 is 0 Å². The molecule has 0 aromatic heterocycles. The first-order valence-electron chi connectivity index (χ1n) is 3.93. The van der Waals surface area contributed by atoms with Crippen LogP contribution in [0.3, 0.4) is 0 Å². The summed E-state index contributed by atoms with van der Waals surface area (Å²) in [6.07, 6.45) is 5.38. The third-order valence-electron chi connectivity index (χ3n) is 1.45. The molecule has 0 aliphatic heterocycles. The summed E-state index contributed by atoms with van der Waals surface area (Å²) in [6, 6.07) is 0. The van der Waals surface area contributed by atoms with E-state index < -0.39 is 0 Å². The van der Waals surface area contributed by atoms with Gasteiger partial charge in [-0.1, -0.05) is 26.0 Å². The van der Waals surface area contributed by atoms with Crippen molar-refractivity contribution in [3.8, 4) is 0 Å². The highest BCUT2D eigenvalue weighted by Crippen LogP contribution is 1.99. The Hall–Kier alpha value is -0.850. The third-order valence-corrected chi connectivity index (χ3v) is 1.45. The molecule has 62 valence electrons. The summed E-state index contributed by atoms with van der Waals surface area (Å²) >= 11 is 0. The molecule has 0 fully saturated rings. The molecule has 0 aromatic rings. The Morgan fingerprint density at radius 2 is 1.91 bits per heavy atom. The van der Waals surface area contributed by atoms with Crippen LogP contribution in [-0.2, 0) is 4.79 Å². The van der Waals surface area contributed by atoms with E-state index in [2.05, 4.69) is 13.8 Å². The maximum Gasteiger partial charge on any atom is 0.180 e. The number of carbonyl (C=O) groups excluding carboxylic acids is 1. The van der Waals surface area contributed by atoms with Crippen molar-refractivity contribution < 1.29 is 4.79 Å². The second-order valence-corrected chi connectivity index (χ2v) is 2.94. The second-order valence-electron chi connectivity index (χ2n) is 2.94. The summed E-state index contributed by atoms with van der Waals surface area (Å²) in [5.41, 5.74) is 0.807.